The third kappa shape index (κ3) is 3.29. The Balaban J connectivity index is 2.11. The SMILES string of the molecule is CS(=O)(=O)Cc1cc(I)c2oc(-c3ccccc3)cc2c1. The molecule has 0 amide bonds. The van der Waals surface area contributed by atoms with Crippen molar-refractivity contribution in [2.75, 3.05) is 6.26 Å². The summed E-state index contributed by atoms with van der Waals surface area (Å²) in [5, 5.41) is 0.930. The summed E-state index contributed by atoms with van der Waals surface area (Å²) in [6.07, 6.45) is 1.24. The second kappa shape index (κ2) is 5.46. The van der Waals surface area contributed by atoms with Crippen molar-refractivity contribution >= 4 is 43.4 Å². The number of fused-ring (bicyclic) bond motifs is 1. The average Bonchev–Trinajstić information content (AvgIpc) is 2.82. The molecule has 0 atom stereocenters. The van der Waals surface area contributed by atoms with Crippen LogP contribution in [0.4, 0.5) is 0 Å². The second-order valence-corrected chi connectivity index (χ2v) is 8.35. The highest BCUT2D eigenvalue weighted by atomic mass is 127. The lowest BCUT2D eigenvalue weighted by Gasteiger charge is -2.01. The van der Waals surface area contributed by atoms with Crippen LogP contribution >= 0.6 is 22.6 Å². The Kier molecular flexibility index (Phi) is 3.79. The number of hydrogen-bond donors (Lipinski definition) is 0. The van der Waals surface area contributed by atoms with Gasteiger partial charge < -0.3 is 4.42 Å². The molecule has 2 aromatic carbocycles. The summed E-state index contributed by atoms with van der Waals surface area (Å²) < 4.78 is 29.7. The minimum Gasteiger partial charge on any atom is -0.455 e. The molecule has 0 fully saturated rings. The van der Waals surface area contributed by atoms with Crippen LogP contribution in [0.3, 0.4) is 0 Å². The Labute approximate surface area is 137 Å². The molecule has 0 aliphatic heterocycles. The van der Waals surface area contributed by atoms with Crippen LogP contribution in [0.5, 0.6) is 0 Å². The monoisotopic (exact) mass is 412 g/mol. The molecule has 1 aromatic heterocycles. The highest BCUT2D eigenvalue weighted by molar-refractivity contribution is 14.1. The maximum absolute atomic E-state index is 11.4. The molecule has 5 heteroatoms. The number of halogens is 1. The molecular formula is C16H13IO3S. The third-order valence-corrected chi connectivity index (χ3v) is 4.78. The van der Waals surface area contributed by atoms with Gasteiger partial charge in [-0.25, -0.2) is 8.42 Å². The minimum atomic E-state index is -3.04. The molecule has 3 nitrogen and oxygen atoms in total. The number of benzene rings is 2. The molecule has 21 heavy (non-hydrogen) atoms. The lowest BCUT2D eigenvalue weighted by Crippen LogP contribution is -2.00. The Morgan fingerprint density at radius 2 is 1.81 bits per heavy atom. The predicted octanol–water partition coefficient (Wildman–Crippen LogP) is 4.25. The van der Waals surface area contributed by atoms with Crippen LogP contribution in [-0.2, 0) is 15.6 Å². The highest BCUT2D eigenvalue weighted by Crippen LogP contribution is 2.31. The maximum atomic E-state index is 11.4. The molecule has 0 spiro atoms. The van der Waals surface area contributed by atoms with Gasteiger partial charge in [0.1, 0.15) is 11.3 Å². The van der Waals surface area contributed by atoms with Crippen LogP contribution in [0.2, 0.25) is 0 Å². The van der Waals surface area contributed by atoms with Crippen LogP contribution in [0.1, 0.15) is 5.56 Å². The van der Waals surface area contributed by atoms with Gasteiger partial charge >= 0.3 is 0 Å². The lowest BCUT2D eigenvalue weighted by molar-refractivity contribution is 0.601. The van der Waals surface area contributed by atoms with E-state index in [1.54, 1.807) is 0 Å². The van der Waals surface area contributed by atoms with Crippen molar-refractivity contribution in [2.45, 2.75) is 5.75 Å². The Morgan fingerprint density at radius 3 is 2.48 bits per heavy atom. The lowest BCUT2D eigenvalue weighted by atomic mass is 10.1. The molecule has 3 aromatic rings. The third-order valence-electron chi connectivity index (χ3n) is 3.12. The van der Waals surface area contributed by atoms with Crippen molar-refractivity contribution in [3.8, 4) is 11.3 Å². The van der Waals surface area contributed by atoms with Gasteiger partial charge in [-0.2, -0.15) is 0 Å². The van der Waals surface area contributed by atoms with Crippen molar-refractivity contribution in [3.05, 3.63) is 57.7 Å². The summed E-state index contributed by atoms with van der Waals surface area (Å²) in [6, 6.07) is 15.6. The first-order valence-electron chi connectivity index (χ1n) is 6.37. The van der Waals surface area contributed by atoms with E-state index in [0.29, 0.717) is 0 Å². The average molecular weight is 412 g/mol. The Morgan fingerprint density at radius 1 is 1.10 bits per heavy atom. The van der Waals surface area contributed by atoms with Gasteiger partial charge in [0.2, 0.25) is 0 Å². The van der Waals surface area contributed by atoms with Crippen molar-refractivity contribution in [2.24, 2.45) is 0 Å². The second-order valence-electron chi connectivity index (χ2n) is 5.04. The molecule has 0 aliphatic rings. The van der Waals surface area contributed by atoms with Crippen molar-refractivity contribution in [1.82, 2.24) is 0 Å². The maximum Gasteiger partial charge on any atom is 0.151 e. The summed E-state index contributed by atoms with van der Waals surface area (Å²) >= 11 is 2.18. The molecule has 0 aliphatic carbocycles. The molecule has 0 saturated heterocycles. The van der Waals surface area contributed by atoms with E-state index < -0.39 is 9.84 Å². The summed E-state index contributed by atoms with van der Waals surface area (Å²) in [5.41, 5.74) is 2.59. The number of rotatable bonds is 3. The van der Waals surface area contributed by atoms with E-state index in [0.717, 1.165) is 31.4 Å². The summed E-state index contributed by atoms with van der Waals surface area (Å²) in [7, 11) is -3.04. The van der Waals surface area contributed by atoms with Gasteiger partial charge in [0, 0.05) is 17.2 Å². The zero-order valence-electron chi connectivity index (χ0n) is 11.3. The van der Waals surface area contributed by atoms with E-state index in [-0.39, 0.29) is 5.75 Å². The standard InChI is InChI=1S/C16H13IO3S/c1-21(18,19)10-11-7-13-9-15(12-5-3-2-4-6-12)20-16(13)14(17)8-11/h2-9H,10H2,1H3. The van der Waals surface area contributed by atoms with Crippen LogP contribution in [0, 0.1) is 3.57 Å². The summed E-state index contributed by atoms with van der Waals surface area (Å²) in [5.74, 6) is 0.838. The minimum absolute atomic E-state index is 0.0464. The van der Waals surface area contributed by atoms with E-state index in [1.807, 2.05) is 48.5 Å². The van der Waals surface area contributed by atoms with Crippen LogP contribution in [-0.4, -0.2) is 14.7 Å². The zero-order valence-corrected chi connectivity index (χ0v) is 14.3. The molecular weight excluding hydrogens is 399 g/mol. The van der Waals surface area contributed by atoms with Gasteiger partial charge in [-0.15, -0.1) is 0 Å². The van der Waals surface area contributed by atoms with Gasteiger partial charge in [-0.05, 0) is 46.4 Å². The van der Waals surface area contributed by atoms with Gasteiger partial charge in [0.15, 0.2) is 9.84 Å². The van der Waals surface area contributed by atoms with E-state index >= 15 is 0 Å². The Bertz CT molecular complexity index is 896. The van der Waals surface area contributed by atoms with E-state index in [4.69, 9.17) is 4.42 Å². The predicted molar refractivity (Wildman–Crippen MR) is 92.9 cm³/mol. The van der Waals surface area contributed by atoms with Gasteiger partial charge in [0.05, 0.1) is 9.32 Å². The summed E-state index contributed by atoms with van der Waals surface area (Å²) in [4.78, 5) is 0. The number of furan rings is 1. The molecule has 0 N–H and O–H groups in total. The first-order valence-corrected chi connectivity index (χ1v) is 9.51. The fourth-order valence-electron chi connectivity index (χ4n) is 2.30. The van der Waals surface area contributed by atoms with Crippen LogP contribution in [0.15, 0.2) is 52.9 Å². The Hall–Kier alpha value is -1.34. The van der Waals surface area contributed by atoms with E-state index in [2.05, 4.69) is 22.6 Å². The van der Waals surface area contributed by atoms with Crippen molar-refractivity contribution < 1.29 is 12.8 Å². The topological polar surface area (TPSA) is 47.3 Å². The van der Waals surface area contributed by atoms with Gasteiger partial charge in [-0.1, -0.05) is 30.3 Å². The van der Waals surface area contributed by atoms with Crippen LogP contribution in [0.25, 0.3) is 22.3 Å². The molecule has 0 bridgehead atoms. The van der Waals surface area contributed by atoms with Crippen LogP contribution < -0.4 is 0 Å². The number of sulfone groups is 1. The van der Waals surface area contributed by atoms with E-state index in [9.17, 15) is 8.42 Å². The number of hydrogen-bond acceptors (Lipinski definition) is 3. The first-order chi connectivity index (χ1) is 9.92. The fourth-order valence-corrected chi connectivity index (χ4v) is 3.89. The largest absolute Gasteiger partial charge is 0.455 e. The van der Waals surface area contributed by atoms with Crippen molar-refractivity contribution in [3.63, 3.8) is 0 Å². The molecule has 0 unspecified atom stereocenters. The molecule has 108 valence electrons. The summed E-state index contributed by atoms with van der Waals surface area (Å²) in [6.45, 7) is 0. The fraction of sp³-hybridized carbons (Fsp3) is 0.125. The zero-order chi connectivity index (χ0) is 15.0. The molecule has 0 saturated carbocycles. The van der Waals surface area contributed by atoms with Gasteiger partial charge in [-0.3, -0.25) is 0 Å². The first kappa shape index (κ1) is 14.6. The molecule has 0 radical (unpaired) electrons. The quantitative estimate of drug-likeness (QED) is 0.605. The van der Waals surface area contributed by atoms with Crippen molar-refractivity contribution in [1.29, 1.82) is 0 Å². The highest BCUT2D eigenvalue weighted by Gasteiger charge is 2.12. The van der Waals surface area contributed by atoms with E-state index in [1.165, 1.54) is 6.26 Å². The normalized spacial score (nSPS) is 11.9. The molecule has 1 heterocycles. The van der Waals surface area contributed by atoms with Gasteiger partial charge in [0.25, 0.3) is 0 Å². The molecule has 3 rings (SSSR count). The smallest absolute Gasteiger partial charge is 0.151 e.